The molecule has 0 aliphatic carbocycles. The molecule has 0 aliphatic heterocycles. The van der Waals surface area contributed by atoms with Crippen molar-refractivity contribution in [2.75, 3.05) is 5.75 Å². The lowest BCUT2D eigenvalue weighted by atomic mass is 10.1. The van der Waals surface area contributed by atoms with Crippen LogP contribution in [0.15, 0.2) is 59.8 Å². The van der Waals surface area contributed by atoms with Gasteiger partial charge in [0.1, 0.15) is 0 Å². The number of nitrogens with zero attached hydrogens (tertiary/aromatic N) is 3. The van der Waals surface area contributed by atoms with E-state index in [-0.39, 0.29) is 11.7 Å². The molecular weight excluding hydrogens is 372 g/mol. The minimum atomic E-state index is -0.205. The highest BCUT2D eigenvalue weighted by Crippen LogP contribution is 2.25. The van der Waals surface area contributed by atoms with Crippen LogP contribution in [-0.2, 0) is 22.8 Å². The van der Waals surface area contributed by atoms with Crippen LogP contribution >= 0.6 is 11.8 Å². The van der Waals surface area contributed by atoms with Crippen molar-refractivity contribution in [2.24, 2.45) is 0 Å². The Morgan fingerprint density at radius 1 is 1.14 bits per heavy atom. The Balaban J connectivity index is 1.58. The molecule has 0 spiro atoms. The number of hydrogen-bond acceptors (Lipinski definition) is 5. The molecule has 6 nitrogen and oxygen atoms in total. The average molecular weight is 397 g/mol. The van der Waals surface area contributed by atoms with Crippen molar-refractivity contribution in [3.05, 3.63) is 65.7 Å². The van der Waals surface area contributed by atoms with Gasteiger partial charge in [0.15, 0.2) is 11.0 Å². The molecule has 146 valence electrons. The van der Waals surface area contributed by atoms with Crippen LogP contribution in [0.1, 0.15) is 24.5 Å². The molecule has 1 amide bonds. The topological polar surface area (TPSA) is 69.0 Å². The molecule has 0 atom stereocenters. The molecule has 0 unspecified atom stereocenters. The fraction of sp³-hybridized carbons (Fsp3) is 0.286. The molecule has 1 heterocycles. The van der Waals surface area contributed by atoms with Crippen molar-refractivity contribution < 1.29 is 9.63 Å². The van der Waals surface area contributed by atoms with E-state index >= 15 is 0 Å². The van der Waals surface area contributed by atoms with Crippen LogP contribution in [0.5, 0.6) is 0 Å². The first kappa shape index (κ1) is 20.1. The standard InChI is InChI=1S/C21H24N4O2S/c1-3-12-25-20(18-11-7-8-16(2)13-18)22-23-21(25)28-15-19(26)24-27-14-17-9-5-4-6-10-17/h4-11,13H,3,12,14-15H2,1-2H3,(H,24,26). The average Bonchev–Trinajstić information content (AvgIpc) is 3.10. The number of aryl methyl sites for hydroxylation is 1. The Kier molecular flexibility index (Phi) is 7.22. The Hall–Kier alpha value is -2.64. The lowest BCUT2D eigenvalue weighted by molar-refractivity contribution is -0.131. The summed E-state index contributed by atoms with van der Waals surface area (Å²) >= 11 is 1.36. The van der Waals surface area contributed by atoms with Crippen LogP contribution in [0, 0.1) is 6.92 Å². The minimum Gasteiger partial charge on any atom is -0.302 e. The van der Waals surface area contributed by atoms with Gasteiger partial charge in [-0.05, 0) is 25.0 Å². The van der Waals surface area contributed by atoms with E-state index in [1.54, 1.807) is 0 Å². The molecule has 1 aromatic heterocycles. The number of amides is 1. The number of aromatic nitrogens is 3. The summed E-state index contributed by atoms with van der Waals surface area (Å²) in [5, 5.41) is 9.38. The molecule has 0 saturated heterocycles. The molecule has 1 N–H and O–H groups in total. The quantitative estimate of drug-likeness (QED) is 0.437. The van der Waals surface area contributed by atoms with Crippen molar-refractivity contribution in [3.63, 3.8) is 0 Å². The zero-order valence-electron chi connectivity index (χ0n) is 16.1. The molecule has 0 saturated carbocycles. The summed E-state index contributed by atoms with van der Waals surface area (Å²) in [6.07, 6.45) is 0.955. The van der Waals surface area contributed by atoms with Crippen molar-refractivity contribution in [1.82, 2.24) is 20.2 Å². The highest BCUT2D eigenvalue weighted by Gasteiger charge is 2.15. The third kappa shape index (κ3) is 5.43. The minimum absolute atomic E-state index is 0.205. The molecular formula is C21H24N4O2S. The van der Waals surface area contributed by atoms with Gasteiger partial charge in [-0.25, -0.2) is 5.48 Å². The summed E-state index contributed by atoms with van der Waals surface area (Å²) in [5.74, 6) is 0.836. The fourth-order valence-electron chi connectivity index (χ4n) is 2.75. The van der Waals surface area contributed by atoms with E-state index in [2.05, 4.69) is 46.2 Å². The van der Waals surface area contributed by atoms with Crippen molar-refractivity contribution in [1.29, 1.82) is 0 Å². The van der Waals surface area contributed by atoms with E-state index < -0.39 is 0 Å². The van der Waals surface area contributed by atoms with Gasteiger partial charge in [0.25, 0.3) is 5.91 Å². The number of hydrogen-bond donors (Lipinski definition) is 1. The second-order valence-corrected chi connectivity index (χ2v) is 7.36. The molecule has 0 fully saturated rings. The van der Waals surface area contributed by atoms with E-state index in [0.29, 0.717) is 6.61 Å². The zero-order chi connectivity index (χ0) is 19.8. The van der Waals surface area contributed by atoms with E-state index in [1.807, 2.05) is 42.5 Å². The van der Waals surface area contributed by atoms with Gasteiger partial charge in [-0.15, -0.1) is 10.2 Å². The van der Waals surface area contributed by atoms with Gasteiger partial charge in [-0.2, -0.15) is 0 Å². The van der Waals surface area contributed by atoms with Gasteiger partial charge in [-0.1, -0.05) is 72.8 Å². The van der Waals surface area contributed by atoms with Crippen LogP contribution in [0.2, 0.25) is 0 Å². The van der Waals surface area contributed by atoms with Gasteiger partial charge < -0.3 is 4.57 Å². The zero-order valence-corrected chi connectivity index (χ0v) is 16.9. The van der Waals surface area contributed by atoms with Crippen LogP contribution < -0.4 is 5.48 Å². The predicted molar refractivity (Wildman–Crippen MR) is 111 cm³/mol. The highest BCUT2D eigenvalue weighted by molar-refractivity contribution is 7.99. The SMILES string of the molecule is CCCn1c(SCC(=O)NOCc2ccccc2)nnc1-c1cccc(C)c1. The second kappa shape index (κ2) is 10.1. The van der Waals surface area contributed by atoms with E-state index in [9.17, 15) is 4.79 Å². The predicted octanol–water partition coefficient (Wildman–Crippen LogP) is 4.00. The summed E-state index contributed by atoms with van der Waals surface area (Å²) in [6.45, 7) is 5.30. The molecule has 3 rings (SSSR count). The summed E-state index contributed by atoms with van der Waals surface area (Å²) in [4.78, 5) is 17.4. The molecule has 0 aliphatic rings. The van der Waals surface area contributed by atoms with Gasteiger partial charge in [0.05, 0.1) is 12.4 Å². The van der Waals surface area contributed by atoms with Crippen molar-refractivity contribution in [3.8, 4) is 11.4 Å². The van der Waals surface area contributed by atoms with Crippen LogP contribution in [0.25, 0.3) is 11.4 Å². The van der Waals surface area contributed by atoms with E-state index in [0.717, 1.165) is 35.1 Å². The molecule has 2 aromatic carbocycles. The third-order valence-corrected chi connectivity index (χ3v) is 5.01. The first-order valence-electron chi connectivity index (χ1n) is 9.25. The highest BCUT2D eigenvalue weighted by atomic mass is 32.2. The Labute approximate surface area is 169 Å². The van der Waals surface area contributed by atoms with Gasteiger partial charge in [-0.3, -0.25) is 9.63 Å². The van der Waals surface area contributed by atoms with E-state index in [4.69, 9.17) is 4.84 Å². The number of carbonyl (C=O) groups excluding carboxylic acids is 1. The first-order chi connectivity index (χ1) is 13.7. The van der Waals surface area contributed by atoms with Crippen molar-refractivity contribution in [2.45, 2.75) is 38.6 Å². The Morgan fingerprint density at radius 2 is 1.96 bits per heavy atom. The van der Waals surface area contributed by atoms with Crippen LogP contribution in [0.3, 0.4) is 0 Å². The van der Waals surface area contributed by atoms with E-state index in [1.165, 1.54) is 17.3 Å². The maximum absolute atomic E-state index is 12.1. The lowest BCUT2D eigenvalue weighted by Crippen LogP contribution is -2.25. The lowest BCUT2D eigenvalue weighted by Gasteiger charge is -2.09. The molecule has 3 aromatic rings. The Morgan fingerprint density at radius 3 is 2.71 bits per heavy atom. The monoisotopic (exact) mass is 396 g/mol. The summed E-state index contributed by atoms with van der Waals surface area (Å²) in [5.41, 5.74) is 5.69. The third-order valence-electron chi connectivity index (χ3n) is 4.04. The maximum Gasteiger partial charge on any atom is 0.254 e. The maximum atomic E-state index is 12.1. The first-order valence-corrected chi connectivity index (χ1v) is 10.2. The largest absolute Gasteiger partial charge is 0.302 e. The van der Waals surface area contributed by atoms with Crippen LogP contribution in [0.4, 0.5) is 0 Å². The molecule has 28 heavy (non-hydrogen) atoms. The van der Waals surface area contributed by atoms with Gasteiger partial charge >= 0.3 is 0 Å². The van der Waals surface area contributed by atoms with Crippen LogP contribution in [-0.4, -0.2) is 26.4 Å². The van der Waals surface area contributed by atoms with Gasteiger partial charge in [0.2, 0.25) is 0 Å². The number of hydroxylamine groups is 1. The number of benzene rings is 2. The van der Waals surface area contributed by atoms with Crippen molar-refractivity contribution >= 4 is 17.7 Å². The molecule has 0 radical (unpaired) electrons. The summed E-state index contributed by atoms with van der Waals surface area (Å²) in [6, 6.07) is 17.9. The number of nitrogens with one attached hydrogen (secondary N) is 1. The molecule has 7 heteroatoms. The summed E-state index contributed by atoms with van der Waals surface area (Å²) in [7, 11) is 0. The number of rotatable bonds is 9. The smallest absolute Gasteiger partial charge is 0.254 e. The molecule has 0 bridgehead atoms. The normalized spacial score (nSPS) is 10.8. The number of carbonyl (C=O) groups is 1. The fourth-order valence-corrected chi connectivity index (χ4v) is 3.50. The Bertz CT molecular complexity index is 912. The number of thioether (sulfide) groups is 1. The summed E-state index contributed by atoms with van der Waals surface area (Å²) < 4.78 is 2.07. The second-order valence-electron chi connectivity index (χ2n) is 6.42. The van der Waals surface area contributed by atoms with Gasteiger partial charge in [0, 0.05) is 12.1 Å².